The molecular formula is C24H20NNaO3. The van der Waals surface area contributed by atoms with Gasteiger partial charge in [-0.1, -0.05) is 60.4 Å². The molecule has 0 aliphatic heterocycles. The molecule has 2 aromatic carbocycles. The molecule has 0 saturated carbocycles. The van der Waals surface area contributed by atoms with Crippen molar-refractivity contribution >= 4 is 11.5 Å². The number of furan rings is 1. The van der Waals surface area contributed by atoms with Crippen LogP contribution in [0.4, 0.5) is 0 Å². The summed E-state index contributed by atoms with van der Waals surface area (Å²) in [4.78, 5) is 12.4. The second kappa shape index (κ2) is 11.5. The van der Waals surface area contributed by atoms with E-state index in [-0.39, 0.29) is 36.1 Å². The predicted molar refractivity (Wildman–Crippen MR) is 108 cm³/mol. The number of hydrogen-bond acceptors (Lipinski definition) is 4. The SMILES string of the molecule is CN(C/C=C(/C#Cc1ccc(-c2ccoc2)cc1)c1ccccc1)CC(=O)[O-].[Na+]. The molecule has 0 spiro atoms. The first kappa shape index (κ1) is 22.7. The second-order valence-corrected chi connectivity index (χ2v) is 6.39. The zero-order valence-electron chi connectivity index (χ0n) is 16.6. The van der Waals surface area contributed by atoms with Crippen molar-refractivity contribution in [3.05, 3.63) is 90.4 Å². The Morgan fingerprint density at radius 2 is 1.79 bits per heavy atom. The fourth-order valence-electron chi connectivity index (χ4n) is 2.71. The third kappa shape index (κ3) is 7.08. The molecule has 0 bridgehead atoms. The molecule has 0 saturated heterocycles. The molecule has 0 N–H and O–H groups in total. The van der Waals surface area contributed by atoms with Crippen LogP contribution in [0.25, 0.3) is 16.7 Å². The summed E-state index contributed by atoms with van der Waals surface area (Å²) in [6.07, 6.45) is 5.29. The third-order valence-corrected chi connectivity index (χ3v) is 4.17. The minimum atomic E-state index is -1.10. The third-order valence-electron chi connectivity index (χ3n) is 4.17. The van der Waals surface area contributed by atoms with Gasteiger partial charge in [-0.15, -0.1) is 0 Å². The van der Waals surface area contributed by atoms with E-state index in [1.165, 1.54) is 0 Å². The van der Waals surface area contributed by atoms with Gasteiger partial charge in [0.2, 0.25) is 0 Å². The molecule has 0 radical (unpaired) electrons. The van der Waals surface area contributed by atoms with Crippen molar-refractivity contribution in [2.24, 2.45) is 0 Å². The Balaban J connectivity index is 0.00000300. The van der Waals surface area contributed by atoms with Crippen LogP contribution < -0.4 is 34.7 Å². The predicted octanol–water partition coefficient (Wildman–Crippen LogP) is 0.0674. The van der Waals surface area contributed by atoms with Gasteiger partial charge in [0.25, 0.3) is 0 Å². The Kier molecular flexibility index (Phi) is 8.98. The number of nitrogens with zero attached hydrogens (tertiary/aromatic N) is 1. The number of benzene rings is 2. The van der Waals surface area contributed by atoms with Crippen LogP contribution in [0.5, 0.6) is 0 Å². The summed E-state index contributed by atoms with van der Waals surface area (Å²) in [5.74, 6) is 5.31. The minimum Gasteiger partial charge on any atom is -0.549 e. The Bertz CT molecular complexity index is 998. The van der Waals surface area contributed by atoms with Gasteiger partial charge in [-0.2, -0.15) is 0 Å². The quantitative estimate of drug-likeness (QED) is 0.439. The number of rotatable bonds is 6. The van der Waals surface area contributed by atoms with Crippen LogP contribution in [0.1, 0.15) is 11.1 Å². The molecule has 0 amide bonds. The van der Waals surface area contributed by atoms with E-state index in [0.29, 0.717) is 6.54 Å². The topological polar surface area (TPSA) is 56.5 Å². The molecule has 1 aromatic heterocycles. The van der Waals surface area contributed by atoms with E-state index in [0.717, 1.165) is 27.8 Å². The molecule has 29 heavy (non-hydrogen) atoms. The largest absolute Gasteiger partial charge is 1.00 e. The number of carbonyl (C=O) groups is 1. The first-order valence-electron chi connectivity index (χ1n) is 8.90. The molecule has 0 atom stereocenters. The van der Waals surface area contributed by atoms with E-state index in [4.69, 9.17) is 4.42 Å². The monoisotopic (exact) mass is 393 g/mol. The smallest absolute Gasteiger partial charge is 0.549 e. The van der Waals surface area contributed by atoms with Gasteiger partial charge < -0.3 is 14.3 Å². The molecule has 5 heteroatoms. The second-order valence-electron chi connectivity index (χ2n) is 6.39. The summed E-state index contributed by atoms with van der Waals surface area (Å²) >= 11 is 0. The summed E-state index contributed by atoms with van der Waals surface area (Å²) in [6.45, 7) is 0.341. The van der Waals surface area contributed by atoms with Crippen molar-refractivity contribution in [3.63, 3.8) is 0 Å². The van der Waals surface area contributed by atoms with E-state index >= 15 is 0 Å². The number of carboxylic acids is 1. The van der Waals surface area contributed by atoms with Gasteiger partial charge in [-0.3, -0.25) is 4.90 Å². The normalized spacial score (nSPS) is 10.8. The minimum absolute atomic E-state index is 0. The van der Waals surface area contributed by atoms with Crippen LogP contribution in [0.2, 0.25) is 0 Å². The molecule has 3 rings (SSSR count). The van der Waals surface area contributed by atoms with Gasteiger partial charge >= 0.3 is 29.6 Å². The van der Waals surface area contributed by atoms with Crippen LogP contribution >= 0.6 is 0 Å². The Morgan fingerprint density at radius 1 is 1.07 bits per heavy atom. The number of likely N-dealkylation sites (N-methyl/N-ethyl adjacent to an activating group) is 1. The zero-order valence-corrected chi connectivity index (χ0v) is 18.6. The van der Waals surface area contributed by atoms with Crippen LogP contribution in [-0.4, -0.2) is 31.0 Å². The molecule has 4 nitrogen and oxygen atoms in total. The van der Waals surface area contributed by atoms with Crippen molar-refractivity contribution in [3.8, 4) is 23.0 Å². The van der Waals surface area contributed by atoms with Crippen LogP contribution in [0.3, 0.4) is 0 Å². The Labute approximate surface area is 193 Å². The average molecular weight is 393 g/mol. The van der Waals surface area contributed by atoms with Gasteiger partial charge in [-0.05, 0) is 36.4 Å². The summed E-state index contributed by atoms with van der Waals surface area (Å²) in [7, 11) is 1.73. The molecule has 0 aliphatic rings. The number of hydrogen-bond donors (Lipinski definition) is 0. The van der Waals surface area contributed by atoms with E-state index in [1.807, 2.05) is 66.7 Å². The van der Waals surface area contributed by atoms with Crippen molar-refractivity contribution in [2.75, 3.05) is 20.1 Å². The van der Waals surface area contributed by atoms with E-state index in [9.17, 15) is 9.90 Å². The van der Waals surface area contributed by atoms with Gasteiger partial charge in [0.05, 0.1) is 18.5 Å². The van der Waals surface area contributed by atoms with E-state index in [2.05, 4.69) is 11.8 Å². The van der Waals surface area contributed by atoms with Crippen molar-refractivity contribution < 1.29 is 43.9 Å². The van der Waals surface area contributed by atoms with Crippen LogP contribution in [-0.2, 0) is 4.79 Å². The molecule has 1 heterocycles. The summed E-state index contributed by atoms with van der Waals surface area (Å²) in [6, 6.07) is 19.7. The number of carbonyl (C=O) groups excluding carboxylic acids is 1. The zero-order chi connectivity index (χ0) is 19.8. The fraction of sp³-hybridized carbons (Fsp3) is 0.125. The maximum Gasteiger partial charge on any atom is 1.00 e. The van der Waals surface area contributed by atoms with Crippen molar-refractivity contribution in [2.45, 2.75) is 0 Å². The maximum atomic E-state index is 10.7. The average Bonchev–Trinajstić information content (AvgIpc) is 3.23. The standard InChI is InChI=1S/C24H21NO3.Na/c1-25(17-24(26)27)15-13-22(20-5-3-2-4-6-20)12-9-19-7-10-21(11-8-19)23-14-16-28-18-23;/h2-8,10-11,13-14,16,18H,15,17H2,1H3,(H,26,27);/q;+1/p-1/b22-13-;. The molecule has 140 valence electrons. The number of aliphatic carboxylic acids is 1. The van der Waals surface area contributed by atoms with E-state index in [1.54, 1.807) is 24.5 Å². The van der Waals surface area contributed by atoms with Crippen molar-refractivity contribution in [1.82, 2.24) is 4.90 Å². The summed E-state index contributed by atoms with van der Waals surface area (Å²) in [5, 5.41) is 10.7. The molecular weight excluding hydrogens is 373 g/mol. The molecule has 0 fully saturated rings. The first-order chi connectivity index (χ1) is 13.6. The number of carboxylic acid groups (broad SMARTS) is 1. The van der Waals surface area contributed by atoms with Gasteiger partial charge in [0.15, 0.2) is 0 Å². The van der Waals surface area contributed by atoms with Crippen molar-refractivity contribution in [1.29, 1.82) is 0 Å². The number of allylic oxidation sites excluding steroid dienone is 1. The van der Waals surface area contributed by atoms with Crippen LogP contribution in [0, 0.1) is 11.8 Å². The molecule has 3 aromatic rings. The van der Waals surface area contributed by atoms with Gasteiger partial charge in [-0.25, -0.2) is 0 Å². The van der Waals surface area contributed by atoms with E-state index < -0.39 is 5.97 Å². The molecule has 0 unspecified atom stereocenters. The maximum absolute atomic E-state index is 10.7. The van der Waals surface area contributed by atoms with Crippen LogP contribution in [0.15, 0.2) is 83.7 Å². The Morgan fingerprint density at radius 3 is 2.41 bits per heavy atom. The Hall–Kier alpha value is -2.55. The summed E-state index contributed by atoms with van der Waals surface area (Å²) < 4.78 is 5.12. The van der Waals surface area contributed by atoms with Gasteiger partial charge in [0, 0.05) is 29.8 Å². The van der Waals surface area contributed by atoms with Gasteiger partial charge in [0.1, 0.15) is 0 Å². The summed E-state index contributed by atoms with van der Waals surface area (Å²) in [5.41, 5.74) is 4.84. The fourth-order valence-corrected chi connectivity index (χ4v) is 2.71. The first-order valence-corrected chi connectivity index (χ1v) is 8.90. The molecule has 0 aliphatic carbocycles.